The number of benzene rings is 2. The van der Waals surface area contributed by atoms with Crippen molar-refractivity contribution in [3.8, 4) is 17.1 Å². The first-order chi connectivity index (χ1) is 15.0. The molecule has 1 amide bonds. The maximum Gasteiger partial charge on any atom is 0.234 e. The van der Waals surface area contributed by atoms with Gasteiger partial charge in [0.1, 0.15) is 0 Å². The summed E-state index contributed by atoms with van der Waals surface area (Å²) in [6.07, 6.45) is 3.48. The Morgan fingerprint density at radius 1 is 1.06 bits per heavy atom. The number of thioether (sulfide) groups is 1. The minimum absolute atomic E-state index is 0.0994. The monoisotopic (exact) mass is 493 g/mol. The number of hydrogen-bond donors (Lipinski definition) is 1. The average molecular weight is 494 g/mol. The van der Waals surface area contributed by atoms with E-state index < -0.39 is 0 Å². The molecule has 6 nitrogen and oxygen atoms in total. The zero-order valence-electron chi connectivity index (χ0n) is 17.0. The average Bonchev–Trinajstić information content (AvgIpc) is 3.19. The number of para-hydroxylation sites is 1. The number of hydrogen-bond acceptors (Lipinski definition) is 5. The zero-order chi connectivity index (χ0) is 21.8. The zero-order valence-corrected chi connectivity index (χ0v) is 19.4. The Labute approximate surface area is 193 Å². The molecule has 2 aromatic heterocycles. The number of halogens is 1. The molecule has 0 saturated heterocycles. The topological polar surface area (TPSA) is 72.7 Å². The number of aromatic nitrogens is 4. The Bertz CT molecular complexity index is 1230. The fraction of sp³-hybridized carbons (Fsp3) is 0.130. The van der Waals surface area contributed by atoms with Crippen molar-refractivity contribution in [1.29, 1.82) is 0 Å². The number of carbonyl (C=O) groups excluding carboxylic acids is 1. The Hall–Kier alpha value is -2.97. The van der Waals surface area contributed by atoms with E-state index in [1.807, 2.05) is 73.0 Å². The molecule has 2 heterocycles. The molecular weight excluding hydrogens is 474 g/mol. The van der Waals surface area contributed by atoms with Gasteiger partial charge in [0.15, 0.2) is 11.0 Å². The molecule has 8 heteroatoms. The number of carbonyl (C=O) groups is 1. The molecule has 0 fully saturated rings. The van der Waals surface area contributed by atoms with E-state index in [0.717, 1.165) is 32.5 Å². The second kappa shape index (κ2) is 9.45. The number of pyridine rings is 1. The Kier molecular flexibility index (Phi) is 6.48. The highest BCUT2D eigenvalue weighted by atomic mass is 79.9. The van der Waals surface area contributed by atoms with E-state index in [2.05, 4.69) is 36.4 Å². The molecule has 0 saturated carbocycles. The van der Waals surface area contributed by atoms with E-state index >= 15 is 0 Å². The third-order valence-electron chi connectivity index (χ3n) is 4.70. The third-order valence-corrected chi connectivity index (χ3v) is 6.13. The fourth-order valence-corrected chi connectivity index (χ4v) is 4.38. The van der Waals surface area contributed by atoms with Gasteiger partial charge >= 0.3 is 0 Å². The Morgan fingerprint density at radius 2 is 1.90 bits per heavy atom. The van der Waals surface area contributed by atoms with Crippen molar-refractivity contribution in [2.75, 3.05) is 11.1 Å². The van der Waals surface area contributed by atoms with E-state index in [-0.39, 0.29) is 11.7 Å². The number of anilines is 1. The third kappa shape index (κ3) is 4.86. The maximum atomic E-state index is 12.6. The Balaban J connectivity index is 1.60. The molecule has 0 atom stereocenters. The van der Waals surface area contributed by atoms with Crippen LogP contribution in [0.4, 0.5) is 5.69 Å². The van der Waals surface area contributed by atoms with Gasteiger partial charge in [-0.2, -0.15) is 0 Å². The van der Waals surface area contributed by atoms with Crippen LogP contribution in [0.15, 0.2) is 76.6 Å². The smallest absolute Gasteiger partial charge is 0.234 e. The SMILES string of the molecule is Cc1cc(Br)ccc1NC(=O)CSc1nnc(-c2cccnc2)n1-c1ccccc1C. The van der Waals surface area contributed by atoms with Crippen LogP contribution in [0.25, 0.3) is 17.1 Å². The standard InChI is InChI=1S/C23H20BrN5OS/c1-15-6-3-4-8-20(15)29-22(17-7-5-11-25-13-17)27-28-23(29)31-14-21(30)26-19-10-9-18(24)12-16(19)2/h3-13H,14H2,1-2H3,(H,26,30). The molecular formula is C23H20BrN5OS. The summed E-state index contributed by atoms with van der Waals surface area (Å²) in [6, 6.07) is 17.6. The van der Waals surface area contributed by atoms with Crippen LogP contribution >= 0.6 is 27.7 Å². The van der Waals surface area contributed by atoms with Crippen molar-refractivity contribution < 1.29 is 4.79 Å². The summed E-state index contributed by atoms with van der Waals surface area (Å²) >= 11 is 4.79. The molecule has 0 aliphatic rings. The van der Waals surface area contributed by atoms with Gasteiger partial charge in [-0.15, -0.1) is 10.2 Å². The molecule has 0 aliphatic carbocycles. The van der Waals surface area contributed by atoms with Gasteiger partial charge in [0, 0.05) is 28.1 Å². The highest BCUT2D eigenvalue weighted by molar-refractivity contribution is 9.10. The number of rotatable bonds is 6. The van der Waals surface area contributed by atoms with Crippen LogP contribution in [0.2, 0.25) is 0 Å². The minimum atomic E-state index is -0.0994. The van der Waals surface area contributed by atoms with Crippen LogP contribution in [-0.4, -0.2) is 31.4 Å². The van der Waals surface area contributed by atoms with Crippen molar-refractivity contribution in [2.24, 2.45) is 0 Å². The second-order valence-electron chi connectivity index (χ2n) is 6.97. The summed E-state index contributed by atoms with van der Waals surface area (Å²) in [5, 5.41) is 12.4. The molecule has 2 aromatic carbocycles. The number of amides is 1. The van der Waals surface area contributed by atoms with E-state index in [9.17, 15) is 4.79 Å². The summed E-state index contributed by atoms with van der Waals surface area (Å²) < 4.78 is 2.96. The maximum absolute atomic E-state index is 12.6. The number of nitrogens with zero attached hydrogens (tertiary/aromatic N) is 4. The molecule has 0 spiro atoms. The highest BCUT2D eigenvalue weighted by Crippen LogP contribution is 2.29. The molecule has 4 aromatic rings. The van der Waals surface area contributed by atoms with Gasteiger partial charge in [-0.25, -0.2) is 0 Å². The van der Waals surface area contributed by atoms with Crippen LogP contribution in [0.5, 0.6) is 0 Å². The molecule has 0 aliphatic heterocycles. The van der Waals surface area contributed by atoms with Crippen LogP contribution in [-0.2, 0) is 4.79 Å². The van der Waals surface area contributed by atoms with Crippen LogP contribution in [0.1, 0.15) is 11.1 Å². The van der Waals surface area contributed by atoms with Crippen LogP contribution in [0, 0.1) is 13.8 Å². The quantitative estimate of drug-likeness (QED) is 0.362. The van der Waals surface area contributed by atoms with E-state index in [4.69, 9.17) is 0 Å². The van der Waals surface area contributed by atoms with Gasteiger partial charge in [0.2, 0.25) is 5.91 Å². The molecule has 0 radical (unpaired) electrons. The summed E-state index contributed by atoms with van der Waals surface area (Å²) in [5.74, 6) is 0.804. The second-order valence-corrected chi connectivity index (χ2v) is 8.82. The lowest BCUT2D eigenvalue weighted by Gasteiger charge is -2.13. The number of aryl methyl sites for hydroxylation is 2. The lowest BCUT2D eigenvalue weighted by molar-refractivity contribution is -0.113. The predicted octanol–water partition coefficient (Wildman–Crippen LogP) is 5.44. The fourth-order valence-electron chi connectivity index (χ4n) is 3.16. The van der Waals surface area contributed by atoms with Crippen molar-refractivity contribution >= 4 is 39.3 Å². The lowest BCUT2D eigenvalue weighted by Crippen LogP contribution is -2.15. The Morgan fingerprint density at radius 3 is 2.65 bits per heavy atom. The van der Waals surface area contributed by atoms with Crippen LogP contribution < -0.4 is 5.32 Å². The van der Waals surface area contributed by atoms with Gasteiger partial charge in [-0.05, 0) is 61.4 Å². The summed E-state index contributed by atoms with van der Waals surface area (Å²) in [6.45, 7) is 4.00. The van der Waals surface area contributed by atoms with Crippen molar-refractivity contribution in [3.05, 3.63) is 82.6 Å². The molecule has 0 unspecified atom stereocenters. The van der Waals surface area contributed by atoms with Crippen molar-refractivity contribution in [1.82, 2.24) is 19.7 Å². The predicted molar refractivity (Wildman–Crippen MR) is 128 cm³/mol. The van der Waals surface area contributed by atoms with E-state index in [1.165, 1.54) is 11.8 Å². The molecule has 156 valence electrons. The molecule has 4 rings (SSSR count). The van der Waals surface area contributed by atoms with E-state index in [0.29, 0.717) is 11.0 Å². The largest absolute Gasteiger partial charge is 0.325 e. The summed E-state index contributed by atoms with van der Waals surface area (Å²) in [5.41, 5.74) is 4.71. The van der Waals surface area contributed by atoms with Crippen molar-refractivity contribution in [3.63, 3.8) is 0 Å². The summed E-state index contributed by atoms with van der Waals surface area (Å²) in [7, 11) is 0. The molecule has 0 bridgehead atoms. The molecule has 31 heavy (non-hydrogen) atoms. The van der Waals surface area contributed by atoms with Crippen molar-refractivity contribution in [2.45, 2.75) is 19.0 Å². The molecule has 1 N–H and O–H groups in total. The van der Waals surface area contributed by atoms with Gasteiger partial charge in [-0.3, -0.25) is 14.3 Å². The van der Waals surface area contributed by atoms with Gasteiger partial charge in [0.05, 0.1) is 11.4 Å². The van der Waals surface area contributed by atoms with E-state index in [1.54, 1.807) is 12.4 Å². The first-order valence-corrected chi connectivity index (χ1v) is 11.4. The first kappa shape index (κ1) is 21.3. The number of nitrogens with one attached hydrogen (secondary N) is 1. The minimum Gasteiger partial charge on any atom is -0.325 e. The summed E-state index contributed by atoms with van der Waals surface area (Å²) in [4.78, 5) is 16.8. The van der Waals surface area contributed by atoms with Gasteiger partial charge in [-0.1, -0.05) is 45.9 Å². The highest BCUT2D eigenvalue weighted by Gasteiger charge is 2.18. The first-order valence-electron chi connectivity index (χ1n) is 9.63. The van der Waals surface area contributed by atoms with Gasteiger partial charge < -0.3 is 5.32 Å². The van der Waals surface area contributed by atoms with Gasteiger partial charge in [0.25, 0.3) is 0 Å². The van der Waals surface area contributed by atoms with Crippen LogP contribution in [0.3, 0.4) is 0 Å². The normalized spacial score (nSPS) is 10.8. The lowest BCUT2D eigenvalue weighted by atomic mass is 10.2.